The summed E-state index contributed by atoms with van der Waals surface area (Å²) < 4.78 is 16.5. The van der Waals surface area contributed by atoms with E-state index in [1.165, 1.54) is 0 Å². The molecule has 30 heavy (non-hydrogen) atoms. The molecule has 2 rings (SSSR count). The number of carbonyl (C=O) groups is 1. The van der Waals surface area contributed by atoms with Gasteiger partial charge in [0.1, 0.15) is 0 Å². The fourth-order valence-corrected chi connectivity index (χ4v) is 3.99. The number of ether oxygens (including phenoxy) is 3. The van der Waals surface area contributed by atoms with E-state index in [2.05, 4.69) is 36.6 Å². The van der Waals surface area contributed by atoms with Gasteiger partial charge in [-0.1, -0.05) is 32.8 Å². The molecule has 2 unspecified atom stereocenters. The molecule has 2 aliphatic heterocycles. The largest absolute Gasteiger partial charge is 0.493 e. The molecule has 2 fully saturated rings. The molecule has 2 atom stereocenters. The molecule has 6 heteroatoms. The zero-order chi connectivity index (χ0) is 21.9. The van der Waals surface area contributed by atoms with E-state index in [-0.39, 0.29) is 12.7 Å². The van der Waals surface area contributed by atoms with Gasteiger partial charge in [0.2, 0.25) is 18.5 Å². The lowest BCUT2D eigenvalue weighted by atomic mass is 10.1. The van der Waals surface area contributed by atoms with Crippen LogP contribution >= 0.6 is 0 Å². The van der Waals surface area contributed by atoms with Gasteiger partial charge >= 0.3 is 0 Å². The van der Waals surface area contributed by atoms with Crippen molar-refractivity contribution in [2.45, 2.75) is 65.8 Å². The molecule has 0 N–H and O–H groups in total. The molecular formula is C24H40N2O4. The molecule has 0 aliphatic carbocycles. The van der Waals surface area contributed by atoms with Crippen LogP contribution in [0, 0.1) is 5.92 Å². The molecule has 0 spiro atoms. The number of amides is 1. The third-order valence-electron chi connectivity index (χ3n) is 5.86. The van der Waals surface area contributed by atoms with E-state index in [0.29, 0.717) is 35.8 Å². The van der Waals surface area contributed by atoms with Crippen LogP contribution in [0.2, 0.25) is 0 Å². The topological polar surface area (TPSA) is 51.2 Å². The summed E-state index contributed by atoms with van der Waals surface area (Å²) in [7, 11) is 1.64. The van der Waals surface area contributed by atoms with Gasteiger partial charge in [0.15, 0.2) is 11.5 Å². The average Bonchev–Trinajstić information content (AvgIpc) is 3.35. The second kappa shape index (κ2) is 12.7. The van der Waals surface area contributed by atoms with Crippen LogP contribution in [-0.2, 0) is 19.0 Å². The van der Waals surface area contributed by atoms with Crippen molar-refractivity contribution < 1.29 is 19.0 Å². The highest BCUT2D eigenvalue weighted by Gasteiger charge is 2.30. The van der Waals surface area contributed by atoms with E-state index >= 15 is 0 Å². The fourth-order valence-electron chi connectivity index (χ4n) is 3.99. The quantitative estimate of drug-likeness (QED) is 0.462. The van der Waals surface area contributed by atoms with Crippen LogP contribution in [0.1, 0.15) is 59.8 Å². The second-order valence-corrected chi connectivity index (χ2v) is 8.18. The van der Waals surface area contributed by atoms with E-state index in [4.69, 9.17) is 14.2 Å². The Labute approximate surface area is 182 Å². The Morgan fingerprint density at radius 3 is 2.53 bits per heavy atom. The highest BCUT2D eigenvalue weighted by Crippen LogP contribution is 2.28. The summed E-state index contributed by atoms with van der Waals surface area (Å²) >= 11 is 0. The smallest absolute Gasteiger partial charge is 0.236 e. The van der Waals surface area contributed by atoms with Gasteiger partial charge in [0.25, 0.3) is 0 Å². The van der Waals surface area contributed by atoms with Gasteiger partial charge < -0.3 is 19.1 Å². The average molecular weight is 421 g/mol. The Hall–Kier alpha value is -1.95. The Kier molecular flexibility index (Phi) is 10.3. The molecule has 0 aromatic rings. The molecule has 2 aliphatic rings. The van der Waals surface area contributed by atoms with Crippen LogP contribution in [0.5, 0.6) is 0 Å². The molecule has 2 heterocycles. The Balaban J connectivity index is 1.96. The number of unbranched alkanes of at least 4 members (excludes halogenated alkanes) is 2. The lowest BCUT2D eigenvalue weighted by Gasteiger charge is -2.27. The molecule has 0 saturated carbocycles. The molecule has 1 amide bonds. The van der Waals surface area contributed by atoms with Crippen molar-refractivity contribution in [1.29, 1.82) is 0 Å². The molecule has 6 nitrogen and oxygen atoms in total. The number of methoxy groups -OCH3 is 1. The van der Waals surface area contributed by atoms with Crippen LogP contribution in [0.3, 0.4) is 0 Å². The summed E-state index contributed by atoms with van der Waals surface area (Å²) in [5.74, 6) is 2.68. The number of hydrogen-bond acceptors (Lipinski definition) is 5. The molecule has 0 aromatic carbocycles. The van der Waals surface area contributed by atoms with Crippen LogP contribution in [0.25, 0.3) is 0 Å². The normalized spacial score (nSPS) is 24.9. The Morgan fingerprint density at radius 1 is 1.23 bits per heavy atom. The lowest BCUT2D eigenvalue weighted by Crippen LogP contribution is -2.42. The number of likely N-dealkylation sites (tertiary alicyclic amines) is 1. The molecule has 170 valence electrons. The summed E-state index contributed by atoms with van der Waals surface area (Å²) in [5, 5.41) is 0. The second-order valence-electron chi connectivity index (χ2n) is 8.18. The summed E-state index contributed by atoms with van der Waals surface area (Å²) in [6, 6.07) is 0.388. The minimum Gasteiger partial charge on any atom is -0.493 e. The van der Waals surface area contributed by atoms with Gasteiger partial charge in [0.05, 0.1) is 13.7 Å². The molecule has 2 saturated heterocycles. The highest BCUT2D eigenvalue weighted by molar-refractivity contribution is 5.78. The molecule has 0 aromatic heterocycles. The first-order chi connectivity index (χ1) is 14.5. The summed E-state index contributed by atoms with van der Waals surface area (Å²) in [6.45, 7) is 11.8. The number of carbonyl (C=O) groups excluding carboxylic acids is 1. The Bertz CT molecular complexity index is 633. The van der Waals surface area contributed by atoms with Gasteiger partial charge in [0, 0.05) is 25.7 Å². The van der Waals surface area contributed by atoms with Crippen molar-refractivity contribution in [1.82, 2.24) is 9.80 Å². The van der Waals surface area contributed by atoms with Gasteiger partial charge in [-0.2, -0.15) is 0 Å². The van der Waals surface area contributed by atoms with Gasteiger partial charge in [-0.25, -0.2) is 0 Å². The minimum atomic E-state index is 0.221. The molecule has 0 bridgehead atoms. The van der Waals surface area contributed by atoms with Crippen LogP contribution in [-0.4, -0.2) is 61.8 Å². The van der Waals surface area contributed by atoms with Crippen molar-refractivity contribution in [3.63, 3.8) is 0 Å². The number of allylic oxidation sites excluding steroid dienone is 2. The van der Waals surface area contributed by atoms with Crippen molar-refractivity contribution in [2.75, 3.05) is 40.1 Å². The summed E-state index contributed by atoms with van der Waals surface area (Å²) in [4.78, 5) is 17.3. The predicted molar refractivity (Wildman–Crippen MR) is 120 cm³/mol. The number of hydrogen-bond donors (Lipinski definition) is 0. The summed E-state index contributed by atoms with van der Waals surface area (Å²) in [6.07, 6.45) is 11.4. The van der Waals surface area contributed by atoms with E-state index in [9.17, 15) is 4.79 Å². The standard InChI is InChI=1S/C24H40N2O4/c1-6-9-13-25(14-10-7-2)23(27)17-26-16-20(15-19(26)4)11-12-22(28-5)24-21(8-3)29-18-30-24/h8,11-12,19-20H,6-7,9-10,13-18H2,1-5H3/b12-11+,21-8+,24-22-. The highest BCUT2D eigenvalue weighted by atomic mass is 16.7. The monoisotopic (exact) mass is 420 g/mol. The van der Waals surface area contributed by atoms with E-state index in [1.54, 1.807) is 7.11 Å². The first-order valence-corrected chi connectivity index (χ1v) is 11.4. The lowest BCUT2D eigenvalue weighted by molar-refractivity contribution is -0.132. The van der Waals surface area contributed by atoms with Crippen LogP contribution in [0.15, 0.2) is 35.5 Å². The number of rotatable bonds is 11. The van der Waals surface area contributed by atoms with E-state index < -0.39 is 0 Å². The van der Waals surface area contributed by atoms with Gasteiger partial charge in [-0.15, -0.1) is 0 Å². The van der Waals surface area contributed by atoms with Crippen molar-refractivity contribution >= 4 is 5.91 Å². The van der Waals surface area contributed by atoms with E-state index in [0.717, 1.165) is 51.7 Å². The van der Waals surface area contributed by atoms with E-state index in [1.807, 2.05) is 19.1 Å². The minimum absolute atomic E-state index is 0.221. The molecular weight excluding hydrogens is 380 g/mol. The maximum Gasteiger partial charge on any atom is 0.236 e. The first kappa shape index (κ1) is 24.3. The van der Waals surface area contributed by atoms with Gasteiger partial charge in [-0.3, -0.25) is 9.69 Å². The van der Waals surface area contributed by atoms with Crippen LogP contribution in [0.4, 0.5) is 0 Å². The van der Waals surface area contributed by atoms with Crippen molar-refractivity contribution in [2.24, 2.45) is 5.92 Å². The maximum absolute atomic E-state index is 12.9. The third-order valence-corrected chi connectivity index (χ3v) is 5.86. The number of nitrogens with zero attached hydrogens (tertiary/aromatic N) is 2. The van der Waals surface area contributed by atoms with Crippen molar-refractivity contribution in [3.8, 4) is 0 Å². The maximum atomic E-state index is 12.9. The summed E-state index contributed by atoms with van der Waals surface area (Å²) in [5.41, 5.74) is 0. The van der Waals surface area contributed by atoms with Gasteiger partial charge in [-0.05, 0) is 51.2 Å². The third kappa shape index (κ3) is 6.79. The molecule has 0 radical (unpaired) electrons. The Morgan fingerprint density at radius 2 is 1.93 bits per heavy atom. The van der Waals surface area contributed by atoms with Crippen molar-refractivity contribution in [3.05, 3.63) is 35.5 Å². The zero-order valence-electron chi connectivity index (χ0n) is 19.5. The predicted octanol–water partition coefficient (Wildman–Crippen LogP) is 4.45. The first-order valence-electron chi connectivity index (χ1n) is 11.4. The zero-order valence-corrected chi connectivity index (χ0v) is 19.5. The van der Waals surface area contributed by atoms with Crippen LogP contribution < -0.4 is 0 Å². The SMILES string of the molecule is C/C=C1/OCO/C1=C(/C=C/C1CC(C)N(CC(=O)N(CCCC)CCCC)C1)OC. The fraction of sp³-hybridized carbons (Fsp3) is 0.708.